The van der Waals surface area contributed by atoms with E-state index in [1.165, 1.54) is 21.7 Å². The van der Waals surface area contributed by atoms with E-state index in [0.29, 0.717) is 11.8 Å². The highest BCUT2D eigenvalue weighted by Crippen LogP contribution is 2.64. The number of benzene rings is 2. The lowest BCUT2D eigenvalue weighted by Crippen LogP contribution is -2.29. The Bertz CT molecular complexity index is 916. The lowest BCUT2D eigenvalue weighted by molar-refractivity contribution is 0.239. The number of hydrogen-bond acceptors (Lipinski definition) is 2. The van der Waals surface area contributed by atoms with Crippen LogP contribution in [0.2, 0.25) is 0 Å². The Morgan fingerprint density at radius 2 is 0.969 bits per heavy atom. The third kappa shape index (κ3) is 4.01. The van der Waals surface area contributed by atoms with Crippen molar-refractivity contribution in [2.24, 2.45) is 11.8 Å². The molecule has 0 aliphatic carbocycles. The normalized spacial score (nSPS) is 25.0. The second-order valence-electron chi connectivity index (χ2n) is 11.9. The molecule has 32 heavy (non-hydrogen) atoms. The van der Waals surface area contributed by atoms with Gasteiger partial charge in [-0.25, -0.2) is 0 Å². The number of rotatable bonds is 3. The lowest BCUT2D eigenvalue weighted by atomic mass is 10.0. The first kappa shape index (κ1) is 24.0. The maximum atomic E-state index is 6.65. The minimum atomic E-state index is -0.478. The first-order chi connectivity index (χ1) is 14.8. The fourth-order valence-electron chi connectivity index (χ4n) is 5.09. The molecule has 174 valence electrons. The standard InChI is InChI=1S/C28H40O2P2/c1-17(2)25-29-21-15-11-13-19(23(21)31(25)27(5,6)7)20-14-12-16-22-24(20)32(28(8,9)10)26(30-22)18(3)4/h11-18,25-26H,1-10H3/t25?,26?,31-,32-/m1/s1. The SMILES string of the molecule is CC(C)C1Oc2cccc(-c3cccc4c3[P@@](C(C)(C)C)C(C(C)C)O4)c2[P@@]1C(C)(C)C. The third-order valence-corrected chi connectivity index (χ3v) is 13.6. The fraction of sp³-hybridized carbons (Fsp3) is 0.571. The summed E-state index contributed by atoms with van der Waals surface area (Å²) in [5, 5.41) is 3.27. The summed E-state index contributed by atoms with van der Waals surface area (Å²) in [5.41, 5.74) is 2.74. The Labute approximate surface area is 198 Å². The second-order valence-corrected chi connectivity index (χ2v) is 18.0. The van der Waals surface area contributed by atoms with Crippen LogP contribution in [0, 0.1) is 11.8 Å². The van der Waals surface area contributed by atoms with E-state index in [2.05, 4.69) is 106 Å². The van der Waals surface area contributed by atoms with E-state index >= 15 is 0 Å². The summed E-state index contributed by atoms with van der Waals surface area (Å²) in [6.07, 6.45) is 0. The molecule has 2 nitrogen and oxygen atoms in total. The van der Waals surface area contributed by atoms with Crippen LogP contribution in [-0.4, -0.2) is 22.0 Å². The Morgan fingerprint density at radius 1 is 0.625 bits per heavy atom. The molecule has 0 saturated carbocycles. The molecule has 0 spiro atoms. The van der Waals surface area contributed by atoms with Gasteiger partial charge in [0.25, 0.3) is 0 Å². The molecule has 0 amide bonds. The summed E-state index contributed by atoms with van der Waals surface area (Å²) >= 11 is 0. The van der Waals surface area contributed by atoms with Crippen molar-refractivity contribution in [3.63, 3.8) is 0 Å². The van der Waals surface area contributed by atoms with Gasteiger partial charge in [0.2, 0.25) is 0 Å². The second kappa shape index (κ2) is 8.29. The first-order valence-electron chi connectivity index (χ1n) is 12.0. The van der Waals surface area contributed by atoms with E-state index in [1.54, 1.807) is 0 Å². The van der Waals surface area contributed by atoms with Gasteiger partial charge < -0.3 is 9.47 Å². The van der Waals surface area contributed by atoms with Gasteiger partial charge in [-0.05, 0) is 61.3 Å². The van der Waals surface area contributed by atoms with Crippen molar-refractivity contribution in [1.29, 1.82) is 0 Å². The van der Waals surface area contributed by atoms with Gasteiger partial charge in [-0.1, -0.05) is 93.5 Å². The third-order valence-electron chi connectivity index (χ3n) is 6.36. The number of hydrogen-bond donors (Lipinski definition) is 0. The quantitative estimate of drug-likeness (QED) is 0.424. The topological polar surface area (TPSA) is 18.5 Å². The van der Waals surface area contributed by atoms with Crippen LogP contribution < -0.4 is 20.1 Å². The van der Waals surface area contributed by atoms with E-state index in [-0.39, 0.29) is 22.0 Å². The van der Waals surface area contributed by atoms with E-state index in [9.17, 15) is 0 Å². The van der Waals surface area contributed by atoms with E-state index < -0.39 is 15.8 Å². The maximum absolute atomic E-state index is 6.65. The van der Waals surface area contributed by atoms with Gasteiger partial charge in [-0.3, -0.25) is 0 Å². The minimum absolute atomic E-state index is 0.176. The van der Waals surface area contributed by atoms with Crippen LogP contribution in [0.5, 0.6) is 11.5 Å². The molecule has 2 heterocycles. The Balaban J connectivity index is 1.96. The Kier molecular flexibility index (Phi) is 6.22. The molecule has 0 fully saturated rings. The molecule has 2 unspecified atom stereocenters. The number of fused-ring (bicyclic) bond motifs is 2. The highest BCUT2D eigenvalue weighted by molar-refractivity contribution is 7.69. The van der Waals surface area contributed by atoms with Gasteiger partial charge in [-0.2, -0.15) is 0 Å². The first-order valence-corrected chi connectivity index (χ1v) is 14.8. The molecule has 2 aliphatic heterocycles. The summed E-state index contributed by atoms with van der Waals surface area (Å²) in [6.45, 7) is 23.5. The summed E-state index contributed by atoms with van der Waals surface area (Å²) in [5.74, 6) is 3.70. The Hall–Kier alpha value is -1.10. The van der Waals surface area contributed by atoms with E-state index in [1.807, 2.05) is 0 Å². The van der Waals surface area contributed by atoms with Crippen molar-refractivity contribution in [2.75, 3.05) is 0 Å². The summed E-state index contributed by atoms with van der Waals surface area (Å²) < 4.78 is 13.3. The molecule has 0 saturated heterocycles. The van der Waals surface area contributed by atoms with Gasteiger partial charge in [0.1, 0.15) is 23.2 Å². The molecule has 4 rings (SSSR count). The minimum Gasteiger partial charge on any atom is -0.485 e. The summed E-state index contributed by atoms with van der Waals surface area (Å²) in [7, 11) is -0.955. The average Bonchev–Trinajstić information content (AvgIpc) is 3.26. The lowest BCUT2D eigenvalue weighted by Gasteiger charge is -2.35. The average molecular weight is 471 g/mol. The van der Waals surface area contributed by atoms with Crippen molar-refractivity contribution in [3.8, 4) is 22.6 Å². The number of ether oxygens (including phenoxy) is 2. The van der Waals surface area contributed by atoms with Gasteiger partial charge in [0, 0.05) is 10.6 Å². The van der Waals surface area contributed by atoms with Crippen molar-refractivity contribution in [3.05, 3.63) is 36.4 Å². The highest BCUT2D eigenvalue weighted by atomic mass is 31.1. The predicted molar refractivity (Wildman–Crippen MR) is 143 cm³/mol. The molecule has 2 aliphatic rings. The van der Waals surface area contributed by atoms with Crippen LogP contribution in [-0.2, 0) is 0 Å². The van der Waals surface area contributed by atoms with Gasteiger partial charge in [0.15, 0.2) is 0 Å². The zero-order valence-corrected chi connectivity index (χ0v) is 23.3. The summed E-state index contributed by atoms with van der Waals surface area (Å²) in [4.78, 5) is 0. The zero-order chi connectivity index (χ0) is 23.6. The predicted octanol–water partition coefficient (Wildman–Crippen LogP) is 7.91. The van der Waals surface area contributed by atoms with Crippen LogP contribution in [0.15, 0.2) is 36.4 Å². The van der Waals surface area contributed by atoms with E-state index in [4.69, 9.17) is 9.47 Å². The Morgan fingerprint density at radius 3 is 1.25 bits per heavy atom. The molecule has 0 N–H and O–H groups in total. The van der Waals surface area contributed by atoms with Crippen LogP contribution in [0.3, 0.4) is 0 Å². The van der Waals surface area contributed by atoms with Crippen LogP contribution in [0.4, 0.5) is 0 Å². The van der Waals surface area contributed by atoms with Gasteiger partial charge in [-0.15, -0.1) is 0 Å². The largest absolute Gasteiger partial charge is 0.485 e. The molecule has 2 aromatic rings. The van der Waals surface area contributed by atoms with Gasteiger partial charge >= 0.3 is 0 Å². The van der Waals surface area contributed by atoms with E-state index in [0.717, 1.165) is 11.5 Å². The maximum Gasteiger partial charge on any atom is 0.128 e. The molecule has 0 radical (unpaired) electrons. The monoisotopic (exact) mass is 470 g/mol. The fourth-order valence-corrected chi connectivity index (χ4v) is 11.7. The van der Waals surface area contributed by atoms with Crippen molar-refractivity contribution < 1.29 is 9.47 Å². The molecule has 4 atom stereocenters. The molecule has 0 bridgehead atoms. The molecule has 2 aromatic carbocycles. The molecular weight excluding hydrogens is 430 g/mol. The zero-order valence-electron chi connectivity index (χ0n) is 21.5. The van der Waals surface area contributed by atoms with Crippen molar-refractivity contribution >= 4 is 26.5 Å². The molecule has 0 aromatic heterocycles. The van der Waals surface area contributed by atoms with Gasteiger partial charge in [0.05, 0.1) is 0 Å². The van der Waals surface area contributed by atoms with Crippen LogP contribution in [0.25, 0.3) is 11.1 Å². The van der Waals surface area contributed by atoms with Crippen molar-refractivity contribution in [1.82, 2.24) is 0 Å². The summed E-state index contributed by atoms with van der Waals surface area (Å²) in [6, 6.07) is 13.4. The highest BCUT2D eigenvalue weighted by Gasteiger charge is 2.47. The van der Waals surface area contributed by atoms with Crippen LogP contribution in [0.1, 0.15) is 69.2 Å². The van der Waals surface area contributed by atoms with Crippen LogP contribution >= 0.6 is 15.8 Å². The van der Waals surface area contributed by atoms with Crippen molar-refractivity contribution in [2.45, 2.75) is 91.2 Å². The smallest absolute Gasteiger partial charge is 0.128 e. The molecule has 4 heteroatoms. The molecular formula is C28H40O2P2.